The van der Waals surface area contributed by atoms with Gasteiger partial charge in [0, 0.05) is 6.07 Å². The van der Waals surface area contributed by atoms with Gasteiger partial charge in [0.05, 0.1) is 31.2 Å². The summed E-state index contributed by atoms with van der Waals surface area (Å²) in [5.74, 6) is 1.05. The van der Waals surface area contributed by atoms with E-state index in [0.717, 1.165) is 17.1 Å². The van der Waals surface area contributed by atoms with Crippen LogP contribution in [0.15, 0.2) is 61.1 Å². The van der Waals surface area contributed by atoms with Gasteiger partial charge in [0.1, 0.15) is 24.4 Å². The number of hydrogen-bond acceptors (Lipinski definition) is 8. The van der Waals surface area contributed by atoms with Crippen LogP contribution in [0.25, 0.3) is 11.4 Å². The number of carbonyl (C=O) groups excluding carboxylic acids is 1. The number of nitrogens with zero attached hydrogens (tertiary/aromatic N) is 7. The molecule has 0 bridgehead atoms. The molecule has 0 spiro atoms. The summed E-state index contributed by atoms with van der Waals surface area (Å²) in [6.45, 7) is 0.598. The van der Waals surface area contributed by atoms with Crippen molar-refractivity contribution in [1.29, 1.82) is 0 Å². The smallest absolute Gasteiger partial charge is 0.273 e. The lowest BCUT2D eigenvalue weighted by Crippen LogP contribution is -2.28. The number of benzene rings is 2. The van der Waals surface area contributed by atoms with E-state index in [9.17, 15) is 4.79 Å². The van der Waals surface area contributed by atoms with Gasteiger partial charge in [0.25, 0.3) is 5.91 Å². The average molecular weight is 406 g/mol. The zero-order valence-corrected chi connectivity index (χ0v) is 16.0. The highest BCUT2D eigenvalue weighted by Gasteiger charge is 2.11. The van der Waals surface area contributed by atoms with Crippen molar-refractivity contribution in [3.8, 4) is 22.9 Å². The third-order valence-electron chi connectivity index (χ3n) is 4.15. The van der Waals surface area contributed by atoms with Gasteiger partial charge >= 0.3 is 0 Å². The Labute approximate surface area is 171 Å². The normalized spacial score (nSPS) is 10.6. The third kappa shape index (κ3) is 4.41. The molecular formula is C19H18N8O3. The summed E-state index contributed by atoms with van der Waals surface area (Å²) >= 11 is 0. The van der Waals surface area contributed by atoms with Gasteiger partial charge in [-0.25, -0.2) is 9.36 Å². The maximum absolute atomic E-state index is 12.3. The number of nitrogens with one attached hydrogen (secondary N) is 1. The Balaban J connectivity index is 1.28. The summed E-state index contributed by atoms with van der Waals surface area (Å²) in [4.78, 5) is 12.3. The Morgan fingerprint density at radius 1 is 1.03 bits per heavy atom. The van der Waals surface area contributed by atoms with Gasteiger partial charge in [-0.15, -0.1) is 10.2 Å². The van der Waals surface area contributed by atoms with Crippen LogP contribution in [0.5, 0.6) is 11.5 Å². The number of carbonyl (C=O) groups is 1. The van der Waals surface area contributed by atoms with Gasteiger partial charge in [0.15, 0.2) is 5.69 Å². The molecule has 0 aliphatic heterocycles. The van der Waals surface area contributed by atoms with E-state index >= 15 is 0 Å². The molecule has 0 unspecified atom stereocenters. The van der Waals surface area contributed by atoms with Gasteiger partial charge in [-0.2, -0.15) is 0 Å². The number of tetrazole rings is 1. The van der Waals surface area contributed by atoms with Gasteiger partial charge in [-0.05, 0) is 46.8 Å². The lowest BCUT2D eigenvalue weighted by atomic mass is 10.3. The molecule has 1 amide bonds. The van der Waals surface area contributed by atoms with Crippen LogP contribution < -0.4 is 14.8 Å². The van der Waals surface area contributed by atoms with Gasteiger partial charge < -0.3 is 14.8 Å². The number of methoxy groups -OCH3 is 1. The molecule has 11 heteroatoms. The first-order chi connectivity index (χ1) is 14.7. The van der Waals surface area contributed by atoms with Crippen LogP contribution in [0.4, 0.5) is 0 Å². The molecule has 11 nitrogen and oxygen atoms in total. The molecule has 0 fully saturated rings. The Morgan fingerprint density at radius 2 is 1.90 bits per heavy atom. The lowest BCUT2D eigenvalue weighted by Gasteiger charge is -2.08. The van der Waals surface area contributed by atoms with Crippen molar-refractivity contribution in [2.75, 3.05) is 20.3 Å². The number of rotatable bonds is 8. The molecule has 0 radical (unpaired) electrons. The standard InChI is InChI=1S/C19H18N8O3/c1-29-16-7-5-14(6-8-16)26-12-18(22-24-26)19(28)20-9-10-30-17-4-2-3-15(11-17)27-13-21-23-25-27/h2-8,11-13H,9-10H2,1H3,(H,20,28). The number of ether oxygens (including phenoxy) is 2. The van der Waals surface area contributed by atoms with E-state index in [4.69, 9.17) is 9.47 Å². The summed E-state index contributed by atoms with van der Waals surface area (Å²) < 4.78 is 13.9. The maximum Gasteiger partial charge on any atom is 0.273 e. The molecule has 4 rings (SSSR count). The van der Waals surface area contributed by atoms with Crippen LogP contribution in [0.2, 0.25) is 0 Å². The average Bonchev–Trinajstić information content (AvgIpc) is 3.49. The monoisotopic (exact) mass is 406 g/mol. The minimum atomic E-state index is -0.333. The predicted molar refractivity (Wildman–Crippen MR) is 105 cm³/mol. The van der Waals surface area contributed by atoms with Gasteiger partial charge in [-0.3, -0.25) is 4.79 Å². The molecule has 30 heavy (non-hydrogen) atoms. The second kappa shape index (κ2) is 8.82. The number of hydrogen-bond donors (Lipinski definition) is 1. The van der Waals surface area contributed by atoms with Crippen molar-refractivity contribution in [3.63, 3.8) is 0 Å². The van der Waals surface area contributed by atoms with E-state index in [2.05, 4.69) is 31.2 Å². The fourth-order valence-corrected chi connectivity index (χ4v) is 2.65. The predicted octanol–water partition coefficient (Wildman–Crippen LogP) is 1.06. The molecule has 0 atom stereocenters. The topological polar surface area (TPSA) is 122 Å². The summed E-state index contributed by atoms with van der Waals surface area (Å²) in [5.41, 5.74) is 1.76. The van der Waals surface area contributed by atoms with Crippen molar-refractivity contribution in [2.45, 2.75) is 0 Å². The molecule has 0 saturated heterocycles. The zero-order valence-electron chi connectivity index (χ0n) is 16.0. The second-order valence-corrected chi connectivity index (χ2v) is 6.10. The highest BCUT2D eigenvalue weighted by Crippen LogP contribution is 2.16. The van der Waals surface area contributed by atoms with Crippen LogP contribution in [-0.4, -0.2) is 61.4 Å². The Kier molecular flexibility index (Phi) is 5.60. The summed E-state index contributed by atoms with van der Waals surface area (Å²) in [7, 11) is 1.60. The molecule has 1 N–H and O–H groups in total. The quantitative estimate of drug-likeness (QED) is 0.431. The highest BCUT2D eigenvalue weighted by molar-refractivity contribution is 5.91. The maximum atomic E-state index is 12.3. The molecule has 2 aromatic carbocycles. The van der Waals surface area contributed by atoms with Gasteiger partial charge in [-0.1, -0.05) is 11.3 Å². The van der Waals surface area contributed by atoms with Gasteiger partial charge in [0.2, 0.25) is 0 Å². The molecule has 152 valence electrons. The molecule has 0 aliphatic carbocycles. The Hall–Kier alpha value is -4.28. The summed E-state index contributed by atoms with van der Waals surface area (Å²) in [6.07, 6.45) is 3.06. The minimum Gasteiger partial charge on any atom is -0.497 e. The molecule has 0 aliphatic rings. The van der Waals surface area contributed by atoms with E-state index in [1.807, 2.05) is 42.5 Å². The van der Waals surface area contributed by atoms with Crippen molar-refractivity contribution in [3.05, 3.63) is 66.7 Å². The first-order valence-corrected chi connectivity index (χ1v) is 9.04. The van der Waals surface area contributed by atoms with Crippen LogP contribution in [0.3, 0.4) is 0 Å². The first kappa shape index (κ1) is 19.1. The SMILES string of the molecule is COc1ccc(-n2cc(C(=O)NCCOc3cccc(-n4cnnn4)c3)nn2)cc1. The Bertz CT molecular complexity index is 1110. The van der Waals surface area contributed by atoms with E-state index in [-0.39, 0.29) is 18.2 Å². The molecular weight excluding hydrogens is 388 g/mol. The van der Waals surface area contributed by atoms with Crippen molar-refractivity contribution < 1.29 is 14.3 Å². The second-order valence-electron chi connectivity index (χ2n) is 6.10. The summed E-state index contributed by atoms with van der Waals surface area (Å²) in [5, 5.41) is 21.7. The van der Waals surface area contributed by atoms with E-state index in [0.29, 0.717) is 12.3 Å². The summed E-state index contributed by atoms with van der Waals surface area (Å²) in [6, 6.07) is 14.6. The van der Waals surface area contributed by atoms with Crippen LogP contribution in [0.1, 0.15) is 10.5 Å². The van der Waals surface area contributed by atoms with Crippen molar-refractivity contribution in [2.24, 2.45) is 0 Å². The zero-order chi connectivity index (χ0) is 20.8. The van der Waals surface area contributed by atoms with Crippen molar-refractivity contribution >= 4 is 5.91 Å². The van der Waals surface area contributed by atoms with Crippen LogP contribution >= 0.6 is 0 Å². The third-order valence-corrected chi connectivity index (χ3v) is 4.15. The largest absolute Gasteiger partial charge is 0.497 e. The molecule has 2 heterocycles. The fourth-order valence-electron chi connectivity index (χ4n) is 2.65. The lowest BCUT2D eigenvalue weighted by molar-refractivity contribution is 0.0942. The van der Waals surface area contributed by atoms with Crippen LogP contribution in [0, 0.1) is 0 Å². The van der Waals surface area contributed by atoms with E-state index in [1.165, 1.54) is 15.7 Å². The van der Waals surface area contributed by atoms with Crippen LogP contribution in [-0.2, 0) is 0 Å². The van der Waals surface area contributed by atoms with E-state index in [1.54, 1.807) is 19.4 Å². The molecule has 2 aromatic heterocycles. The van der Waals surface area contributed by atoms with Crippen molar-refractivity contribution in [1.82, 2.24) is 40.5 Å². The highest BCUT2D eigenvalue weighted by atomic mass is 16.5. The first-order valence-electron chi connectivity index (χ1n) is 9.04. The Morgan fingerprint density at radius 3 is 2.67 bits per heavy atom. The number of aromatic nitrogens is 7. The van der Waals surface area contributed by atoms with E-state index < -0.39 is 0 Å². The molecule has 0 saturated carbocycles. The minimum absolute atomic E-state index is 0.214. The molecule has 4 aromatic rings. The number of amides is 1. The fraction of sp³-hybridized carbons (Fsp3) is 0.158.